The number of benzene rings is 1. The number of anilines is 2. The zero-order valence-corrected chi connectivity index (χ0v) is 11.3. The van der Waals surface area contributed by atoms with E-state index < -0.39 is 10.0 Å². The Hall–Kier alpha value is -2.16. The molecule has 2 rings (SSSR count). The molecule has 0 saturated carbocycles. The van der Waals surface area contributed by atoms with Crippen LogP contribution in [0.2, 0.25) is 0 Å². The first-order valence-corrected chi connectivity index (χ1v) is 7.10. The normalized spacial score (nSPS) is 11.3. The van der Waals surface area contributed by atoms with E-state index in [1.807, 2.05) is 6.92 Å². The number of sulfonamides is 1. The largest absolute Gasteiger partial charge is 0.385 e. The molecule has 2 N–H and O–H groups in total. The Morgan fingerprint density at radius 2 is 1.95 bits per heavy atom. The summed E-state index contributed by atoms with van der Waals surface area (Å²) in [6.07, 6.45) is 0. The van der Waals surface area contributed by atoms with Crippen molar-refractivity contribution in [3.8, 4) is 0 Å². The van der Waals surface area contributed by atoms with Crippen LogP contribution in [-0.4, -0.2) is 35.2 Å². The molecular weight excluding hydrogens is 268 g/mol. The molecule has 0 saturated heterocycles. The van der Waals surface area contributed by atoms with Gasteiger partial charge in [-0.3, -0.25) is 0 Å². The number of aromatic nitrogens is 4. The monoisotopic (exact) mass is 282 g/mol. The van der Waals surface area contributed by atoms with E-state index in [9.17, 15) is 8.42 Å². The number of hydrogen-bond donors (Lipinski definition) is 2. The lowest BCUT2D eigenvalue weighted by molar-refractivity contribution is 0.600. The van der Waals surface area contributed by atoms with Crippen molar-refractivity contribution in [2.45, 2.75) is 11.8 Å². The van der Waals surface area contributed by atoms with Gasteiger partial charge in [-0.2, -0.15) is 4.80 Å². The summed E-state index contributed by atoms with van der Waals surface area (Å²) < 4.78 is 26.3. The van der Waals surface area contributed by atoms with Crippen LogP contribution in [0.25, 0.3) is 0 Å². The second kappa shape index (κ2) is 5.22. The van der Waals surface area contributed by atoms with Gasteiger partial charge in [0.15, 0.2) is 0 Å². The first kappa shape index (κ1) is 13.3. The molecule has 0 aliphatic carbocycles. The molecule has 2 aromatic rings. The summed E-state index contributed by atoms with van der Waals surface area (Å²) in [6.45, 7) is 2.74. The van der Waals surface area contributed by atoms with Crippen molar-refractivity contribution < 1.29 is 8.42 Å². The summed E-state index contributed by atoms with van der Waals surface area (Å²) >= 11 is 0. The van der Waals surface area contributed by atoms with Crippen LogP contribution in [0.3, 0.4) is 0 Å². The van der Waals surface area contributed by atoms with E-state index in [1.165, 1.54) is 16.9 Å². The van der Waals surface area contributed by atoms with Gasteiger partial charge in [-0.25, -0.2) is 13.1 Å². The Labute approximate surface area is 110 Å². The van der Waals surface area contributed by atoms with Gasteiger partial charge in [0.05, 0.1) is 11.9 Å². The lowest BCUT2D eigenvalue weighted by Crippen LogP contribution is -2.14. The average Bonchev–Trinajstić information content (AvgIpc) is 2.75. The molecule has 0 atom stereocenters. The minimum atomic E-state index is -3.69. The highest BCUT2D eigenvalue weighted by Crippen LogP contribution is 2.15. The maximum Gasteiger partial charge on any atom is 0.277 e. The second-order valence-corrected chi connectivity index (χ2v) is 5.45. The Morgan fingerprint density at radius 3 is 2.47 bits per heavy atom. The minimum absolute atomic E-state index is 0.0572. The fraction of sp³-hybridized carbons (Fsp3) is 0.300. The van der Waals surface area contributed by atoms with Gasteiger partial charge in [-0.05, 0) is 36.4 Å². The van der Waals surface area contributed by atoms with E-state index in [2.05, 4.69) is 25.4 Å². The summed E-state index contributed by atoms with van der Waals surface area (Å²) in [6, 6.07) is 6.41. The number of nitrogens with zero attached hydrogens (tertiary/aromatic N) is 4. The molecule has 1 heterocycles. The first-order valence-electron chi connectivity index (χ1n) is 5.62. The van der Waals surface area contributed by atoms with E-state index in [0.29, 0.717) is 0 Å². The van der Waals surface area contributed by atoms with E-state index in [0.717, 1.165) is 12.2 Å². The molecule has 0 bridgehead atoms. The van der Waals surface area contributed by atoms with Gasteiger partial charge >= 0.3 is 0 Å². The third-order valence-electron chi connectivity index (χ3n) is 2.28. The molecule has 1 aromatic carbocycles. The topological polar surface area (TPSA) is 102 Å². The van der Waals surface area contributed by atoms with Gasteiger partial charge in [0.1, 0.15) is 0 Å². The summed E-state index contributed by atoms with van der Waals surface area (Å²) in [4.78, 5) is 1.31. The molecule has 19 heavy (non-hydrogen) atoms. The summed E-state index contributed by atoms with van der Waals surface area (Å²) in [5.74, 6) is -0.0572. The van der Waals surface area contributed by atoms with Crippen molar-refractivity contribution >= 4 is 21.7 Å². The van der Waals surface area contributed by atoms with Crippen LogP contribution in [0, 0.1) is 0 Å². The van der Waals surface area contributed by atoms with Gasteiger partial charge in [0.2, 0.25) is 0 Å². The third-order valence-corrected chi connectivity index (χ3v) is 3.62. The molecule has 0 radical (unpaired) electrons. The summed E-state index contributed by atoms with van der Waals surface area (Å²) in [7, 11) is -2.14. The van der Waals surface area contributed by atoms with Gasteiger partial charge in [0, 0.05) is 12.2 Å². The van der Waals surface area contributed by atoms with Crippen molar-refractivity contribution in [2.75, 3.05) is 16.6 Å². The Morgan fingerprint density at radius 1 is 1.26 bits per heavy atom. The second-order valence-electron chi connectivity index (χ2n) is 3.76. The molecule has 0 amide bonds. The highest BCUT2D eigenvalue weighted by Gasteiger charge is 2.16. The molecule has 0 fully saturated rings. The number of rotatable bonds is 5. The fourth-order valence-corrected chi connectivity index (χ4v) is 2.39. The fourth-order valence-electron chi connectivity index (χ4n) is 1.46. The Kier molecular flexibility index (Phi) is 3.65. The quantitative estimate of drug-likeness (QED) is 0.825. The van der Waals surface area contributed by atoms with Gasteiger partial charge in [0.25, 0.3) is 16.0 Å². The average molecular weight is 282 g/mol. The number of tetrazole rings is 1. The molecule has 102 valence electrons. The van der Waals surface area contributed by atoms with Crippen LogP contribution in [0.4, 0.5) is 11.6 Å². The van der Waals surface area contributed by atoms with E-state index >= 15 is 0 Å². The molecule has 0 spiro atoms. The highest BCUT2D eigenvalue weighted by atomic mass is 32.2. The van der Waals surface area contributed by atoms with Gasteiger partial charge in [-0.15, -0.1) is 5.10 Å². The van der Waals surface area contributed by atoms with Gasteiger partial charge < -0.3 is 5.32 Å². The van der Waals surface area contributed by atoms with E-state index in [1.54, 1.807) is 19.2 Å². The van der Waals surface area contributed by atoms with E-state index in [4.69, 9.17) is 0 Å². The zero-order valence-electron chi connectivity index (χ0n) is 10.5. The maximum absolute atomic E-state index is 12.0. The zero-order chi connectivity index (χ0) is 13.9. The lowest BCUT2D eigenvalue weighted by Gasteiger charge is -2.06. The maximum atomic E-state index is 12.0. The van der Waals surface area contributed by atoms with Crippen LogP contribution in [0.1, 0.15) is 6.92 Å². The summed E-state index contributed by atoms with van der Waals surface area (Å²) in [5.41, 5.74) is 0.860. The number of hydrogen-bond acceptors (Lipinski definition) is 6. The lowest BCUT2D eigenvalue weighted by atomic mass is 10.3. The first-order chi connectivity index (χ1) is 9.01. The van der Waals surface area contributed by atoms with Crippen LogP contribution in [-0.2, 0) is 17.1 Å². The van der Waals surface area contributed by atoms with Crippen molar-refractivity contribution in [2.24, 2.45) is 7.05 Å². The number of nitrogens with one attached hydrogen (secondary N) is 2. The van der Waals surface area contributed by atoms with Crippen LogP contribution < -0.4 is 10.0 Å². The molecule has 8 nitrogen and oxygen atoms in total. The predicted octanol–water partition coefficient (Wildman–Crippen LogP) is 0.443. The Balaban J connectivity index is 2.19. The van der Waals surface area contributed by atoms with Crippen molar-refractivity contribution in [3.05, 3.63) is 24.3 Å². The third kappa shape index (κ3) is 3.19. The predicted molar refractivity (Wildman–Crippen MR) is 70.2 cm³/mol. The molecule has 0 aliphatic heterocycles. The SMILES string of the molecule is CCNc1ccc(S(=O)(=O)Nc2nnn(C)n2)cc1. The van der Waals surface area contributed by atoms with Crippen molar-refractivity contribution in [1.82, 2.24) is 20.2 Å². The molecule has 9 heteroatoms. The van der Waals surface area contributed by atoms with Crippen LogP contribution in [0.5, 0.6) is 0 Å². The summed E-state index contributed by atoms with van der Waals surface area (Å²) in [5, 5.41) is 14.0. The Bertz CT molecular complexity index is 649. The van der Waals surface area contributed by atoms with Crippen molar-refractivity contribution in [3.63, 3.8) is 0 Å². The van der Waals surface area contributed by atoms with Crippen molar-refractivity contribution in [1.29, 1.82) is 0 Å². The highest BCUT2D eigenvalue weighted by molar-refractivity contribution is 7.92. The van der Waals surface area contributed by atoms with Gasteiger partial charge in [-0.1, -0.05) is 5.10 Å². The number of aryl methyl sites for hydroxylation is 1. The smallest absolute Gasteiger partial charge is 0.277 e. The molecule has 0 aliphatic rings. The van der Waals surface area contributed by atoms with Crippen LogP contribution >= 0.6 is 0 Å². The van der Waals surface area contributed by atoms with Crippen LogP contribution in [0.15, 0.2) is 29.2 Å². The minimum Gasteiger partial charge on any atom is -0.385 e. The molecule has 0 unspecified atom stereocenters. The van der Waals surface area contributed by atoms with E-state index in [-0.39, 0.29) is 10.8 Å². The molecule has 1 aromatic heterocycles. The molecular formula is C10H14N6O2S. The standard InChI is InChI=1S/C10H14N6O2S/c1-3-11-8-4-6-9(7-5-8)19(17,18)14-10-12-15-16(2)13-10/h4-7,11H,3H2,1-2H3,(H,13,14).